The third kappa shape index (κ3) is 2.55. The van der Waals surface area contributed by atoms with Crippen molar-refractivity contribution in [2.24, 2.45) is 5.73 Å². The van der Waals surface area contributed by atoms with E-state index in [0.717, 1.165) is 29.0 Å². The summed E-state index contributed by atoms with van der Waals surface area (Å²) >= 11 is 1.44. The highest BCUT2D eigenvalue weighted by Crippen LogP contribution is 2.40. The quantitative estimate of drug-likeness (QED) is 0.929. The Hall–Kier alpha value is -2.06. The first kappa shape index (κ1) is 14.9. The molecule has 1 aliphatic rings. The summed E-state index contributed by atoms with van der Waals surface area (Å²) < 4.78 is 11.8. The molecule has 8 heteroatoms. The van der Waals surface area contributed by atoms with Gasteiger partial charge in [-0.3, -0.25) is 4.90 Å². The van der Waals surface area contributed by atoms with Crippen LogP contribution < -0.4 is 20.3 Å². The van der Waals surface area contributed by atoms with E-state index in [2.05, 4.69) is 9.88 Å². The summed E-state index contributed by atoms with van der Waals surface area (Å²) in [5.74, 6) is 0.687. The molecule has 7 nitrogen and oxygen atoms in total. The van der Waals surface area contributed by atoms with Crippen molar-refractivity contribution < 1.29 is 14.3 Å². The number of methoxy groups -OCH3 is 1. The molecule has 0 bridgehead atoms. The zero-order valence-corrected chi connectivity index (χ0v) is 13.4. The normalized spacial score (nSPS) is 15.1. The summed E-state index contributed by atoms with van der Waals surface area (Å²) in [6.45, 7) is 3.08. The van der Waals surface area contributed by atoms with Gasteiger partial charge >= 0.3 is 6.03 Å². The monoisotopic (exact) mass is 322 g/mol. The molecular formula is C14H18N4O3S. The van der Waals surface area contributed by atoms with Gasteiger partial charge in [0, 0.05) is 20.1 Å². The fourth-order valence-electron chi connectivity index (χ4n) is 2.41. The first-order valence-electron chi connectivity index (χ1n) is 6.95. The number of carbonyl (C=O) groups excluding carboxylic acids is 1. The molecule has 0 aliphatic carbocycles. The predicted octanol–water partition coefficient (Wildman–Crippen LogP) is 1.66. The minimum Gasteiger partial charge on any atom is -0.494 e. The Bertz CT molecular complexity index is 697. The Morgan fingerprint density at radius 1 is 1.45 bits per heavy atom. The highest BCUT2D eigenvalue weighted by atomic mass is 32.1. The Labute approximate surface area is 132 Å². The third-order valence-electron chi connectivity index (χ3n) is 3.66. The van der Waals surface area contributed by atoms with Gasteiger partial charge in [0.25, 0.3) is 0 Å². The van der Waals surface area contributed by atoms with E-state index in [1.54, 1.807) is 14.2 Å². The number of thiazole rings is 1. The Balaban J connectivity index is 2.11. The lowest BCUT2D eigenvalue weighted by Gasteiger charge is -2.29. The van der Waals surface area contributed by atoms with E-state index >= 15 is 0 Å². The number of hydrogen-bond donors (Lipinski definition) is 1. The second-order valence-corrected chi connectivity index (χ2v) is 5.94. The zero-order chi connectivity index (χ0) is 15.7. The summed E-state index contributed by atoms with van der Waals surface area (Å²) in [6.07, 6.45) is 0. The van der Waals surface area contributed by atoms with Crippen LogP contribution in [0, 0.1) is 0 Å². The first-order chi connectivity index (χ1) is 10.6. The Kier molecular flexibility index (Phi) is 4.04. The minimum absolute atomic E-state index is 0.536. The molecule has 1 aromatic carbocycles. The molecule has 1 saturated heterocycles. The van der Waals surface area contributed by atoms with Gasteiger partial charge in [0.05, 0.1) is 30.7 Å². The molecular weight excluding hydrogens is 304 g/mol. The predicted molar refractivity (Wildman–Crippen MR) is 87.2 cm³/mol. The molecule has 2 N–H and O–H groups in total. The van der Waals surface area contributed by atoms with E-state index in [0.29, 0.717) is 24.1 Å². The van der Waals surface area contributed by atoms with Gasteiger partial charge in [-0.25, -0.2) is 9.78 Å². The smallest absolute Gasteiger partial charge is 0.320 e. The van der Waals surface area contributed by atoms with Crippen LogP contribution in [0.15, 0.2) is 12.1 Å². The molecule has 3 rings (SSSR count). The number of fused-ring (bicyclic) bond motifs is 1. The molecule has 118 valence electrons. The number of amides is 2. The van der Waals surface area contributed by atoms with Gasteiger partial charge in [-0.2, -0.15) is 0 Å². The van der Waals surface area contributed by atoms with Crippen molar-refractivity contribution >= 4 is 38.4 Å². The molecule has 2 heterocycles. The van der Waals surface area contributed by atoms with Crippen LogP contribution in [-0.4, -0.2) is 51.5 Å². The Morgan fingerprint density at radius 3 is 2.82 bits per heavy atom. The van der Waals surface area contributed by atoms with Gasteiger partial charge in [0.1, 0.15) is 11.3 Å². The number of aromatic nitrogens is 1. The van der Waals surface area contributed by atoms with Crippen molar-refractivity contribution in [2.45, 2.75) is 0 Å². The summed E-state index contributed by atoms with van der Waals surface area (Å²) in [4.78, 5) is 19.5. The van der Waals surface area contributed by atoms with E-state index in [1.807, 2.05) is 12.1 Å². The first-order valence-corrected chi connectivity index (χ1v) is 7.77. The molecule has 1 fully saturated rings. The van der Waals surface area contributed by atoms with Crippen LogP contribution in [0.3, 0.4) is 0 Å². The highest BCUT2D eigenvalue weighted by molar-refractivity contribution is 7.23. The molecule has 2 amide bonds. The van der Waals surface area contributed by atoms with E-state index in [1.165, 1.54) is 16.2 Å². The summed E-state index contributed by atoms with van der Waals surface area (Å²) in [5.41, 5.74) is 7.17. The number of carbonyl (C=O) groups is 1. The molecule has 0 radical (unpaired) electrons. The number of ether oxygens (including phenoxy) is 2. The van der Waals surface area contributed by atoms with Crippen molar-refractivity contribution in [2.75, 3.05) is 50.3 Å². The van der Waals surface area contributed by atoms with Crippen LogP contribution in [0.2, 0.25) is 0 Å². The average molecular weight is 322 g/mol. The van der Waals surface area contributed by atoms with Gasteiger partial charge in [-0.05, 0) is 12.1 Å². The maximum absolute atomic E-state index is 11.4. The number of morpholine rings is 1. The van der Waals surface area contributed by atoms with Crippen molar-refractivity contribution in [1.29, 1.82) is 0 Å². The lowest BCUT2D eigenvalue weighted by atomic mass is 10.2. The van der Waals surface area contributed by atoms with E-state index < -0.39 is 6.03 Å². The van der Waals surface area contributed by atoms with Crippen molar-refractivity contribution in [3.8, 4) is 5.75 Å². The molecule has 0 unspecified atom stereocenters. The number of anilines is 2. The van der Waals surface area contributed by atoms with Gasteiger partial charge in [0.2, 0.25) is 0 Å². The van der Waals surface area contributed by atoms with Gasteiger partial charge < -0.3 is 20.1 Å². The number of urea groups is 1. The lowest BCUT2D eigenvalue weighted by Crippen LogP contribution is -2.36. The summed E-state index contributed by atoms with van der Waals surface area (Å²) in [5, 5.41) is 0.557. The minimum atomic E-state index is -0.536. The van der Waals surface area contributed by atoms with Crippen molar-refractivity contribution in [3.05, 3.63) is 12.1 Å². The number of primary amides is 1. The second-order valence-electron chi connectivity index (χ2n) is 4.96. The molecule has 22 heavy (non-hydrogen) atoms. The number of hydrogen-bond acceptors (Lipinski definition) is 6. The summed E-state index contributed by atoms with van der Waals surface area (Å²) in [7, 11) is 3.22. The average Bonchev–Trinajstić information content (AvgIpc) is 2.98. The van der Waals surface area contributed by atoms with Gasteiger partial charge in [0.15, 0.2) is 5.13 Å². The lowest BCUT2D eigenvalue weighted by molar-refractivity contribution is 0.123. The maximum atomic E-state index is 11.4. The molecule has 1 aromatic heterocycles. The molecule has 2 aromatic rings. The molecule has 0 atom stereocenters. The van der Waals surface area contributed by atoms with Crippen molar-refractivity contribution in [1.82, 2.24) is 4.98 Å². The molecule has 0 saturated carbocycles. The number of nitrogens with zero attached hydrogens (tertiary/aromatic N) is 3. The maximum Gasteiger partial charge on any atom is 0.320 e. The fourth-order valence-corrected chi connectivity index (χ4v) is 3.51. The largest absolute Gasteiger partial charge is 0.494 e. The highest BCUT2D eigenvalue weighted by Gasteiger charge is 2.21. The third-order valence-corrected chi connectivity index (χ3v) is 4.82. The second kappa shape index (κ2) is 5.98. The molecule has 0 spiro atoms. The van der Waals surface area contributed by atoms with Crippen LogP contribution >= 0.6 is 11.3 Å². The number of nitrogens with two attached hydrogens (primary N) is 1. The van der Waals surface area contributed by atoms with Crippen LogP contribution in [0.1, 0.15) is 0 Å². The van der Waals surface area contributed by atoms with E-state index in [-0.39, 0.29) is 0 Å². The van der Waals surface area contributed by atoms with Crippen LogP contribution in [-0.2, 0) is 4.74 Å². The van der Waals surface area contributed by atoms with Gasteiger partial charge in [-0.15, -0.1) is 0 Å². The SMILES string of the molecule is COc1ccc(N2CCOCC2)c2sc(N(C)C(N)=O)nc12. The number of benzene rings is 1. The molecule has 1 aliphatic heterocycles. The zero-order valence-electron chi connectivity index (χ0n) is 12.5. The van der Waals surface area contributed by atoms with Gasteiger partial charge in [-0.1, -0.05) is 11.3 Å². The topological polar surface area (TPSA) is 80.9 Å². The van der Waals surface area contributed by atoms with Crippen LogP contribution in [0.4, 0.5) is 15.6 Å². The summed E-state index contributed by atoms with van der Waals surface area (Å²) in [6, 6.07) is 3.39. The van der Waals surface area contributed by atoms with Crippen LogP contribution in [0.5, 0.6) is 5.75 Å². The standard InChI is InChI=1S/C14H18N4O3S/c1-17(13(15)19)14-16-11-10(20-2)4-3-9(12(11)22-14)18-5-7-21-8-6-18/h3-4H,5-8H2,1-2H3,(H2,15,19). The van der Waals surface area contributed by atoms with Crippen molar-refractivity contribution in [3.63, 3.8) is 0 Å². The Morgan fingerprint density at radius 2 is 2.18 bits per heavy atom. The van der Waals surface area contributed by atoms with Crippen LogP contribution in [0.25, 0.3) is 10.2 Å². The van der Waals surface area contributed by atoms with E-state index in [4.69, 9.17) is 15.2 Å². The van der Waals surface area contributed by atoms with E-state index in [9.17, 15) is 4.79 Å². The number of rotatable bonds is 3. The fraction of sp³-hybridized carbons (Fsp3) is 0.429.